The van der Waals surface area contributed by atoms with Crippen molar-refractivity contribution in [2.24, 2.45) is 0 Å². The number of rotatable bonds is 5. The molecule has 0 aliphatic rings. The normalized spacial score (nSPS) is 11.6. The highest BCUT2D eigenvalue weighted by atomic mass is 32.2. The Morgan fingerprint density at radius 3 is 2.58 bits per heavy atom. The molecule has 3 N–H and O–H groups in total. The average Bonchev–Trinajstić information content (AvgIpc) is 2.32. The highest BCUT2D eigenvalue weighted by molar-refractivity contribution is 7.89. The van der Waals surface area contributed by atoms with Crippen molar-refractivity contribution in [2.75, 3.05) is 25.9 Å². The van der Waals surface area contributed by atoms with E-state index >= 15 is 0 Å². The number of hydrogen-bond acceptors (Lipinski definition) is 4. The van der Waals surface area contributed by atoms with E-state index in [-0.39, 0.29) is 17.3 Å². The molecule has 0 atom stereocenters. The van der Waals surface area contributed by atoms with Gasteiger partial charge in [-0.1, -0.05) is 0 Å². The molecule has 0 aliphatic heterocycles. The lowest BCUT2D eigenvalue weighted by Crippen LogP contribution is -2.38. The summed E-state index contributed by atoms with van der Waals surface area (Å²) < 4.78 is 25.5. The number of carbonyl (C=O) groups is 1. The molecule has 0 unspecified atom stereocenters. The molecule has 0 radical (unpaired) electrons. The largest absolute Gasteiger partial charge is 0.399 e. The summed E-state index contributed by atoms with van der Waals surface area (Å²) in [5.41, 5.74) is 6.88. The van der Waals surface area contributed by atoms with Gasteiger partial charge in [0.2, 0.25) is 15.9 Å². The summed E-state index contributed by atoms with van der Waals surface area (Å²) in [4.78, 5) is 11.5. The van der Waals surface area contributed by atoms with Crippen LogP contribution in [0.5, 0.6) is 0 Å². The number of nitrogen functional groups attached to an aromatic ring is 1. The van der Waals surface area contributed by atoms with E-state index in [1.54, 1.807) is 19.9 Å². The van der Waals surface area contributed by atoms with Gasteiger partial charge in [-0.05, 0) is 37.6 Å². The minimum absolute atomic E-state index is 0.131. The zero-order valence-corrected chi connectivity index (χ0v) is 12.1. The molecule has 0 saturated carbocycles. The minimum Gasteiger partial charge on any atom is -0.399 e. The third kappa shape index (κ3) is 3.68. The second-order valence-electron chi connectivity index (χ2n) is 4.23. The maximum Gasteiger partial charge on any atom is 0.243 e. The number of likely N-dealkylation sites (N-methyl/N-ethyl adjacent to an activating group) is 2. The summed E-state index contributed by atoms with van der Waals surface area (Å²) in [5, 5.41) is 2.56. The first kappa shape index (κ1) is 15.5. The predicted molar refractivity (Wildman–Crippen MR) is 74.1 cm³/mol. The third-order valence-electron chi connectivity index (χ3n) is 2.69. The number of aryl methyl sites for hydroxylation is 1. The summed E-state index contributed by atoms with van der Waals surface area (Å²) in [6.07, 6.45) is 0. The number of sulfonamides is 1. The van der Waals surface area contributed by atoms with Crippen LogP contribution in [0.15, 0.2) is 23.1 Å². The van der Waals surface area contributed by atoms with Crippen LogP contribution >= 0.6 is 0 Å². The van der Waals surface area contributed by atoms with E-state index in [0.29, 0.717) is 17.8 Å². The van der Waals surface area contributed by atoms with Crippen LogP contribution in [-0.4, -0.2) is 38.8 Å². The van der Waals surface area contributed by atoms with E-state index < -0.39 is 10.0 Å². The quantitative estimate of drug-likeness (QED) is 0.763. The van der Waals surface area contributed by atoms with Gasteiger partial charge in [-0.25, -0.2) is 8.42 Å². The van der Waals surface area contributed by atoms with Gasteiger partial charge < -0.3 is 11.1 Å². The molecule has 106 valence electrons. The molecule has 1 rings (SSSR count). The molecule has 0 aromatic heterocycles. The summed E-state index contributed by atoms with van der Waals surface area (Å²) in [6.45, 7) is 3.77. The van der Waals surface area contributed by atoms with Gasteiger partial charge in [0.25, 0.3) is 0 Å². The van der Waals surface area contributed by atoms with Gasteiger partial charge in [-0.15, -0.1) is 0 Å². The van der Waals surface area contributed by atoms with Crippen LogP contribution < -0.4 is 11.1 Å². The fourth-order valence-electron chi connectivity index (χ4n) is 1.53. The van der Waals surface area contributed by atoms with E-state index in [4.69, 9.17) is 5.73 Å². The van der Waals surface area contributed by atoms with E-state index in [0.717, 1.165) is 4.31 Å². The minimum atomic E-state index is -3.67. The van der Waals surface area contributed by atoms with E-state index in [1.165, 1.54) is 19.2 Å². The Kier molecular flexibility index (Phi) is 4.90. The van der Waals surface area contributed by atoms with E-state index in [1.807, 2.05) is 0 Å². The number of nitrogens with two attached hydrogens (primary N) is 1. The van der Waals surface area contributed by atoms with Gasteiger partial charge in [0.15, 0.2) is 0 Å². The zero-order valence-electron chi connectivity index (χ0n) is 11.3. The molecule has 1 amide bonds. The first-order chi connectivity index (χ1) is 8.78. The van der Waals surface area contributed by atoms with Gasteiger partial charge in [-0.2, -0.15) is 4.31 Å². The number of anilines is 1. The average molecular weight is 285 g/mol. The Labute approximate surface area is 113 Å². The topological polar surface area (TPSA) is 92.5 Å². The summed E-state index contributed by atoms with van der Waals surface area (Å²) >= 11 is 0. The van der Waals surface area contributed by atoms with Crippen molar-refractivity contribution in [1.82, 2.24) is 9.62 Å². The van der Waals surface area contributed by atoms with Crippen molar-refractivity contribution in [1.29, 1.82) is 0 Å². The van der Waals surface area contributed by atoms with Crippen LogP contribution in [0.4, 0.5) is 5.69 Å². The molecule has 1 aromatic rings. The summed E-state index contributed by atoms with van der Waals surface area (Å²) in [6, 6.07) is 4.48. The number of hydrogen-bond donors (Lipinski definition) is 2. The number of carbonyl (C=O) groups excluding carboxylic acids is 1. The van der Waals surface area contributed by atoms with Gasteiger partial charge in [0.1, 0.15) is 0 Å². The van der Waals surface area contributed by atoms with Crippen LogP contribution in [0.1, 0.15) is 12.5 Å². The molecule has 0 spiro atoms. The molecule has 0 saturated heterocycles. The summed E-state index contributed by atoms with van der Waals surface area (Å²) in [7, 11) is -2.30. The molecule has 0 bridgehead atoms. The Hall–Kier alpha value is -1.60. The second kappa shape index (κ2) is 6.03. The summed E-state index contributed by atoms with van der Waals surface area (Å²) in [5.74, 6) is -0.333. The predicted octanol–water partition coefficient (Wildman–Crippen LogP) is 0.334. The SMILES string of the molecule is CCNC(=O)CN(C)S(=O)(=O)c1ccc(N)c(C)c1. The molecule has 6 nitrogen and oxygen atoms in total. The number of nitrogens with zero attached hydrogens (tertiary/aromatic N) is 1. The van der Waals surface area contributed by atoms with Crippen molar-refractivity contribution < 1.29 is 13.2 Å². The number of nitrogens with one attached hydrogen (secondary N) is 1. The lowest BCUT2D eigenvalue weighted by Gasteiger charge is -2.17. The molecular weight excluding hydrogens is 266 g/mol. The fraction of sp³-hybridized carbons (Fsp3) is 0.417. The van der Waals surface area contributed by atoms with Crippen molar-refractivity contribution >= 4 is 21.6 Å². The number of amides is 1. The molecule has 0 fully saturated rings. The van der Waals surface area contributed by atoms with Crippen LogP contribution in [0.3, 0.4) is 0 Å². The fourth-order valence-corrected chi connectivity index (χ4v) is 2.74. The Morgan fingerprint density at radius 1 is 1.42 bits per heavy atom. The van der Waals surface area contributed by atoms with Crippen LogP contribution in [0, 0.1) is 6.92 Å². The molecular formula is C12H19N3O3S. The van der Waals surface area contributed by atoms with Crippen LogP contribution in [-0.2, 0) is 14.8 Å². The monoisotopic (exact) mass is 285 g/mol. The molecule has 19 heavy (non-hydrogen) atoms. The third-order valence-corrected chi connectivity index (χ3v) is 4.49. The van der Waals surface area contributed by atoms with Gasteiger partial charge >= 0.3 is 0 Å². The smallest absolute Gasteiger partial charge is 0.243 e. The number of benzene rings is 1. The first-order valence-corrected chi connectivity index (χ1v) is 7.32. The molecule has 0 aliphatic carbocycles. The van der Waals surface area contributed by atoms with Crippen molar-refractivity contribution in [3.8, 4) is 0 Å². The highest BCUT2D eigenvalue weighted by Crippen LogP contribution is 2.19. The van der Waals surface area contributed by atoms with Crippen molar-refractivity contribution in [2.45, 2.75) is 18.7 Å². The Balaban J connectivity index is 2.96. The standard InChI is InChI=1S/C12H19N3O3S/c1-4-14-12(16)8-15(3)19(17,18)10-5-6-11(13)9(2)7-10/h5-7H,4,8,13H2,1-3H3,(H,14,16). The van der Waals surface area contributed by atoms with Gasteiger partial charge in [-0.3, -0.25) is 4.79 Å². The first-order valence-electron chi connectivity index (χ1n) is 5.88. The highest BCUT2D eigenvalue weighted by Gasteiger charge is 2.23. The van der Waals surface area contributed by atoms with E-state index in [9.17, 15) is 13.2 Å². The van der Waals surface area contributed by atoms with Crippen LogP contribution in [0.2, 0.25) is 0 Å². The van der Waals surface area contributed by atoms with E-state index in [2.05, 4.69) is 5.32 Å². The lowest BCUT2D eigenvalue weighted by molar-refractivity contribution is -0.121. The molecule has 0 heterocycles. The van der Waals surface area contributed by atoms with Crippen molar-refractivity contribution in [3.05, 3.63) is 23.8 Å². The maximum atomic E-state index is 12.2. The molecule has 1 aromatic carbocycles. The molecule has 7 heteroatoms. The second-order valence-corrected chi connectivity index (χ2v) is 6.28. The Morgan fingerprint density at radius 2 is 2.05 bits per heavy atom. The lowest BCUT2D eigenvalue weighted by atomic mass is 10.2. The van der Waals surface area contributed by atoms with Crippen LogP contribution in [0.25, 0.3) is 0 Å². The van der Waals surface area contributed by atoms with Gasteiger partial charge in [0, 0.05) is 19.3 Å². The maximum absolute atomic E-state index is 12.2. The zero-order chi connectivity index (χ0) is 14.6. The van der Waals surface area contributed by atoms with Gasteiger partial charge in [0.05, 0.1) is 11.4 Å². The Bertz CT molecular complexity index is 570. The van der Waals surface area contributed by atoms with Crippen molar-refractivity contribution in [3.63, 3.8) is 0 Å².